The van der Waals surface area contributed by atoms with Crippen molar-refractivity contribution in [2.75, 3.05) is 0 Å². The molecule has 104 valence electrons. The van der Waals surface area contributed by atoms with Crippen LogP contribution in [0.15, 0.2) is 49.1 Å². The van der Waals surface area contributed by atoms with Crippen LogP contribution >= 0.6 is 11.3 Å². The van der Waals surface area contributed by atoms with E-state index in [-0.39, 0.29) is 6.04 Å². The summed E-state index contributed by atoms with van der Waals surface area (Å²) in [5, 5.41) is 5.35. The maximum atomic E-state index is 6.34. The Morgan fingerprint density at radius 1 is 1.24 bits per heavy atom. The molecule has 4 aromatic rings. The zero-order valence-corrected chi connectivity index (χ0v) is 12.0. The molecule has 0 saturated heterocycles. The number of para-hydroxylation sites is 1. The van der Waals surface area contributed by atoms with E-state index < -0.39 is 0 Å². The van der Waals surface area contributed by atoms with Crippen LogP contribution in [-0.2, 0) is 6.42 Å². The average Bonchev–Trinajstić information content (AvgIpc) is 3.10. The fraction of sp³-hybridized carbons (Fsp3) is 0.133. The first-order valence-corrected chi connectivity index (χ1v) is 7.50. The van der Waals surface area contributed by atoms with Crippen molar-refractivity contribution in [3.05, 3.63) is 59.6 Å². The monoisotopic (exact) mass is 295 g/mol. The van der Waals surface area contributed by atoms with Crippen LogP contribution in [0.5, 0.6) is 0 Å². The Morgan fingerprint density at radius 2 is 2.14 bits per heavy atom. The molecule has 0 spiro atoms. The van der Waals surface area contributed by atoms with Crippen molar-refractivity contribution in [1.82, 2.24) is 19.6 Å². The number of benzene rings is 1. The van der Waals surface area contributed by atoms with E-state index in [9.17, 15) is 0 Å². The molecule has 5 nitrogen and oxygen atoms in total. The number of aromatic nitrogens is 4. The van der Waals surface area contributed by atoms with Crippen molar-refractivity contribution in [3.63, 3.8) is 0 Å². The third-order valence-corrected chi connectivity index (χ3v) is 4.55. The smallest absolute Gasteiger partial charge is 0.0957 e. The lowest BCUT2D eigenvalue weighted by Crippen LogP contribution is -2.13. The molecule has 21 heavy (non-hydrogen) atoms. The Morgan fingerprint density at radius 3 is 3.05 bits per heavy atom. The van der Waals surface area contributed by atoms with E-state index in [1.165, 1.54) is 4.70 Å². The quantitative estimate of drug-likeness (QED) is 0.630. The molecule has 3 aromatic heterocycles. The summed E-state index contributed by atoms with van der Waals surface area (Å²) in [4.78, 5) is 8.78. The van der Waals surface area contributed by atoms with Crippen molar-refractivity contribution < 1.29 is 0 Å². The molecular weight excluding hydrogens is 282 g/mol. The Bertz CT molecular complexity index is 877. The van der Waals surface area contributed by atoms with Gasteiger partial charge >= 0.3 is 0 Å². The van der Waals surface area contributed by atoms with Gasteiger partial charge in [-0.15, -0.1) is 11.3 Å². The first kappa shape index (κ1) is 12.4. The van der Waals surface area contributed by atoms with Gasteiger partial charge in [-0.2, -0.15) is 5.10 Å². The van der Waals surface area contributed by atoms with Crippen molar-refractivity contribution in [2.45, 2.75) is 12.5 Å². The van der Waals surface area contributed by atoms with E-state index >= 15 is 0 Å². The number of fused-ring (bicyclic) bond motifs is 2. The highest BCUT2D eigenvalue weighted by atomic mass is 32.1. The molecule has 1 aromatic carbocycles. The highest BCUT2D eigenvalue weighted by Crippen LogP contribution is 2.26. The molecule has 2 N–H and O–H groups in total. The molecule has 0 radical (unpaired) electrons. The molecule has 6 heteroatoms. The average molecular weight is 295 g/mol. The molecule has 0 aliphatic heterocycles. The normalized spacial score (nSPS) is 13.0. The van der Waals surface area contributed by atoms with Gasteiger partial charge in [0.2, 0.25) is 0 Å². The Kier molecular flexibility index (Phi) is 2.90. The molecule has 1 atom stereocenters. The molecule has 0 bridgehead atoms. The van der Waals surface area contributed by atoms with Crippen LogP contribution in [0, 0.1) is 0 Å². The van der Waals surface area contributed by atoms with Gasteiger partial charge in [-0.3, -0.25) is 4.98 Å². The summed E-state index contributed by atoms with van der Waals surface area (Å²) in [7, 11) is 0. The SMILES string of the molecule is NC(Cc1nc2ccccc2s1)c1cnn2ccncc12. The fourth-order valence-corrected chi connectivity index (χ4v) is 3.47. The fourth-order valence-electron chi connectivity index (χ4n) is 2.44. The van der Waals surface area contributed by atoms with Gasteiger partial charge < -0.3 is 5.73 Å². The summed E-state index contributed by atoms with van der Waals surface area (Å²) < 4.78 is 2.99. The lowest BCUT2D eigenvalue weighted by molar-refractivity contribution is 0.724. The minimum Gasteiger partial charge on any atom is -0.323 e. The summed E-state index contributed by atoms with van der Waals surface area (Å²) in [5.41, 5.74) is 9.33. The van der Waals surface area contributed by atoms with E-state index in [0.717, 1.165) is 21.6 Å². The van der Waals surface area contributed by atoms with Gasteiger partial charge in [-0.1, -0.05) is 12.1 Å². The number of nitrogens with two attached hydrogens (primary N) is 1. The third kappa shape index (κ3) is 2.18. The first-order valence-electron chi connectivity index (χ1n) is 6.68. The maximum absolute atomic E-state index is 6.34. The molecule has 0 amide bonds. The highest BCUT2D eigenvalue weighted by molar-refractivity contribution is 7.18. The standard InChI is InChI=1S/C15H13N5S/c16-11(10-8-18-20-6-5-17-9-13(10)20)7-15-19-12-3-1-2-4-14(12)21-15/h1-6,8-9,11H,7,16H2. The predicted octanol–water partition coefficient (Wildman–Crippen LogP) is 2.58. The Hall–Kier alpha value is -2.31. The molecular formula is C15H13N5S. The summed E-state index contributed by atoms with van der Waals surface area (Å²) >= 11 is 1.69. The Labute approximate surface area is 125 Å². The molecule has 0 saturated carbocycles. The number of nitrogens with zero attached hydrogens (tertiary/aromatic N) is 4. The molecule has 0 aliphatic carbocycles. The van der Waals surface area contributed by atoms with E-state index in [1.807, 2.05) is 30.6 Å². The highest BCUT2D eigenvalue weighted by Gasteiger charge is 2.15. The van der Waals surface area contributed by atoms with Crippen LogP contribution in [0.1, 0.15) is 16.6 Å². The van der Waals surface area contributed by atoms with Gasteiger partial charge in [0.15, 0.2) is 0 Å². The zero-order valence-electron chi connectivity index (χ0n) is 11.2. The number of hydrogen-bond acceptors (Lipinski definition) is 5. The minimum atomic E-state index is -0.132. The molecule has 4 rings (SSSR count). The van der Waals surface area contributed by atoms with E-state index in [1.54, 1.807) is 28.2 Å². The van der Waals surface area contributed by atoms with Gasteiger partial charge in [0.1, 0.15) is 0 Å². The summed E-state index contributed by atoms with van der Waals surface area (Å²) in [5.74, 6) is 0. The van der Waals surface area contributed by atoms with E-state index in [2.05, 4.69) is 21.1 Å². The van der Waals surface area contributed by atoms with Gasteiger partial charge in [-0.05, 0) is 12.1 Å². The lowest BCUT2D eigenvalue weighted by atomic mass is 10.1. The second-order valence-corrected chi connectivity index (χ2v) is 6.01. The Balaban J connectivity index is 1.67. The molecule has 1 unspecified atom stereocenters. The number of thiazole rings is 1. The van der Waals surface area contributed by atoms with Gasteiger partial charge in [0.25, 0.3) is 0 Å². The van der Waals surface area contributed by atoms with Crippen molar-refractivity contribution in [2.24, 2.45) is 5.73 Å². The first-order chi connectivity index (χ1) is 10.3. The molecule has 3 heterocycles. The summed E-state index contributed by atoms with van der Waals surface area (Å²) in [6.45, 7) is 0. The molecule has 0 fully saturated rings. The lowest BCUT2D eigenvalue weighted by Gasteiger charge is -2.07. The number of hydrogen-bond donors (Lipinski definition) is 1. The van der Waals surface area contributed by atoms with Gasteiger partial charge in [0, 0.05) is 30.4 Å². The van der Waals surface area contributed by atoms with Crippen molar-refractivity contribution >= 4 is 27.1 Å². The topological polar surface area (TPSA) is 69.1 Å². The summed E-state index contributed by atoms with van der Waals surface area (Å²) in [6, 6.07) is 8.01. The second kappa shape index (κ2) is 4.91. The second-order valence-electron chi connectivity index (χ2n) is 4.89. The van der Waals surface area contributed by atoms with Crippen molar-refractivity contribution in [1.29, 1.82) is 0 Å². The number of rotatable bonds is 3. The maximum Gasteiger partial charge on any atom is 0.0957 e. The zero-order chi connectivity index (χ0) is 14.2. The summed E-state index contributed by atoms with van der Waals surface area (Å²) in [6.07, 6.45) is 7.84. The van der Waals surface area contributed by atoms with Gasteiger partial charge in [0.05, 0.1) is 33.1 Å². The van der Waals surface area contributed by atoms with E-state index in [4.69, 9.17) is 5.73 Å². The van der Waals surface area contributed by atoms with Crippen molar-refractivity contribution in [3.8, 4) is 0 Å². The van der Waals surface area contributed by atoms with Crippen LogP contribution in [0.3, 0.4) is 0 Å². The van der Waals surface area contributed by atoms with Crippen LogP contribution < -0.4 is 5.73 Å². The van der Waals surface area contributed by atoms with Gasteiger partial charge in [-0.25, -0.2) is 9.50 Å². The third-order valence-electron chi connectivity index (χ3n) is 3.49. The van der Waals surface area contributed by atoms with Crippen LogP contribution in [0.2, 0.25) is 0 Å². The predicted molar refractivity (Wildman–Crippen MR) is 83.2 cm³/mol. The van der Waals surface area contributed by atoms with Crippen LogP contribution in [-0.4, -0.2) is 19.6 Å². The van der Waals surface area contributed by atoms with Crippen LogP contribution in [0.25, 0.3) is 15.7 Å². The van der Waals surface area contributed by atoms with E-state index in [0.29, 0.717) is 6.42 Å². The largest absolute Gasteiger partial charge is 0.323 e. The molecule has 0 aliphatic rings. The minimum absolute atomic E-state index is 0.132. The van der Waals surface area contributed by atoms with Crippen LogP contribution in [0.4, 0.5) is 0 Å².